The third-order valence-electron chi connectivity index (χ3n) is 9.65. The summed E-state index contributed by atoms with van der Waals surface area (Å²) in [6, 6.07) is 58.2. The normalized spacial score (nSPS) is 11.8. The molecule has 47 heavy (non-hydrogen) atoms. The minimum Gasteiger partial charge on any atom is -0.309 e. The van der Waals surface area contributed by atoms with Crippen LogP contribution in [0.4, 0.5) is 0 Å². The van der Waals surface area contributed by atoms with Crippen molar-refractivity contribution in [3.8, 4) is 23.1 Å². The Hall–Kier alpha value is -6.57. The zero-order chi connectivity index (χ0) is 31.1. The van der Waals surface area contributed by atoms with Crippen LogP contribution in [0.2, 0.25) is 0 Å². The highest BCUT2D eigenvalue weighted by Crippen LogP contribution is 2.43. The molecule has 0 N–H and O–H groups in total. The standard InChI is InChI=1S/C43H26N4/c44-27-28-12-11-21-38-41(28)42-39(25-24-35-33-18-8-10-20-37(33)47(43(35)42)30-15-5-2-6-16-30)46(38)31-22-23-34-32-17-7-9-19-36(32)45(40(34)26-31)29-13-3-1-4-14-29/h1-26H. The van der Waals surface area contributed by atoms with Crippen molar-refractivity contribution in [1.82, 2.24) is 13.7 Å². The second-order valence-electron chi connectivity index (χ2n) is 12.1. The highest BCUT2D eigenvalue weighted by molar-refractivity contribution is 6.27. The van der Waals surface area contributed by atoms with Crippen LogP contribution >= 0.6 is 0 Å². The van der Waals surface area contributed by atoms with E-state index in [0.29, 0.717) is 5.56 Å². The molecule has 0 aliphatic rings. The van der Waals surface area contributed by atoms with Crippen LogP contribution in [0.25, 0.3) is 82.5 Å². The predicted octanol–water partition coefficient (Wildman–Crippen LogP) is 10.8. The summed E-state index contributed by atoms with van der Waals surface area (Å²) in [6.45, 7) is 0. The van der Waals surface area contributed by atoms with Crippen molar-refractivity contribution in [2.75, 3.05) is 0 Å². The average Bonchev–Trinajstić information content (AvgIpc) is 3.77. The molecule has 4 nitrogen and oxygen atoms in total. The molecule has 0 aliphatic carbocycles. The monoisotopic (exact) mass is 598 g/mol. The van der Waals surface area contributed by atoms with Crippen LogP contribution < -0.4 is 0 Å². The number of benzene rings is 7. The van der Waals surface area contributed by atoms with Gasteiger partial charge in [-0.1, -0.05) is 91.0 Å². The average molecular weight is 599 g/mol. The summed E-state index contributed by atoms with van der Waals surface area (Å²) >= 11 is 0. The van der Waals surface area contributed by atoms with Gasteiger partial charge in [-0.2, -0.15) is 5.26 Å². The summed E-state index contributed by atoms with van der Waals surface area (Å²) < 4.78 is 7.06. The molecule has 0 bridgehead atoms. The molecule has 0 unspecified atom stereocenters. The van der Waals surface area contributed by atoms with Gasteiger partial charge in [0.1, 0.15) is 0 Å². The van der Waals surface area contributed by atoms with Crippen molar-refractivity contribution in [3.63, 3.8) is 0 Å². The highest BCUT2D eigenvalue weighted by atomic mass is 15.0. The van der Waals surface area contributed by atoms with Crippen molar-refractivity contribution in [1.29, 1.82) is 5.26 Å². The van der Waals surface area contributed by atoms with E-state index in [1.807, 2.05) is 12.1 Å². The lowest BCUT2D eigenvalue weighted by Gasteiger charge is -2.12. The first-order valence-electron chi connectivity index (χ1n) is 15.9. The van der Waals surface area contributed by atoms with Crippen molar-refractivity contribution >= 4 is 65.4 Å². The second-order valence-corrected chi connectivity index (χ2v) is 12.1. The summed E-state index contributed by atoms with van der Waals surface area (Å²) in [4.78, 5) is 0. The maximum atomic E-state index is 10.5. The van der Waals surface area contributed by atoms with Gasteiger partial charge in [0.25, 0.3) is 0 Å². The zero-order valence-electron chi connectivity index (χ0n) is 25.3. The van der Waals surface area contributed by atoms with E-state index >= 15 is 0 Å². The van der Waals surface area contributed by atoms with Crippen LogP contribution in [-0.4, -0.2) is 13.7 Å². The van der Waals surface area contributed by atoms with E-state index in [1.165, 1.54) is 27.1 Å². The summed E-state index contributed by atoms with van der Waals surface area (Å²) in [5.41, 5.74) is 10.6. The molecule has 10 aromatic rings. The van der Waals surface area contributed by atoms with Crippen LogP contribution in [0.5, 0.6) is 0 Å². The minimum atomic E-state index is 0.670. The summed E-state index contributed by atoms with van der Waals surface area (Å²) in [5, 5.41) is 17.3. The summed E-state index contributed by atoms with van der Waals surface area (Å²) in [7, 11) is 0. The number of hydrogen-bond donors (Lipinski definition) is 0. The highest BCUT2D eigenvalue weighted by Gasteiger charge is 2.23. The molecule has 7 aromatic carbocycles. The van der Waals surface area contributed by atoms with E-state index in [9.17, 15) is 5.26 Å². The third-order valence-corrected chi connectivity index (χ3v) is 9.65. The van der Waals surface area contributed by atoms with Crippen LogP contribution in [0, 0.1) is 11.3 Å². The molecule has 0 saturated heterocycles. The van der Waals surface area contributed by atoms with Crippen LogP contribution in [0.15, 0.2) is 158 Å². The fraction of sp³-hybridized carbons (Fsp3) is 0. The molecule has 0 saturated carbocycles. The first-order chi connectivity index (χ1) is 23.3. The van der Waals surface area contributed by atoms with Gasteiger partial charge in [0.05, 0.1) is 44.7 Å². The fourth-order valence-electron chi connectivity index (χ4n) is 7.77. The van der Waals surface area contributed by atoms with Crippen molar-refractivity contribution in [2.45, 2.75) is 0 Å². The molecule has 0 amide bonds. The van der Waals surface area contributed by atoms with Gasteiger partial charge in [-0.05, 0) is 66.7 Å². The van der Waals surface area contributed by atoms with E-state index in [1.54, 1.807) is 0 Å². The molecule has 10 rings (SSSR count). The van der Waals surface area contributed by atoms with E-state index in [2.05, 4.69) is 165 Å². The number of nitrogens with zero attached hydrogens (tertiary/aromatic N) is 4. The predicted molar refractivity (Wildman–Crippen MR) is 194 cm³/mol. The Morgan fingerprint density at radius 3 is 1.62 bits per heavy atom. The Labute approximate surface area is 270 Å². The van der Waals surface area contributed by atoms with Crippen molar-refractivity contribution < 1.29 is 0 Å². The Morgan fingerprint density at radius 1 is 0.362 bits per heavy atom. The van der Waals surface area contributed by atoms with E-state index in [0.717, 1.165) is 55.4 Å². The van der Waals surface area contributed by atoms with Crippen LogP contribution in [0.1, 0.15) is 5.56 Å². The Bertz CT molecular complexity index is 2900. The molecule has 0 radical (unpaired) electrons. The molecule has 0 spiro atoms. The van der Waals surface area contributed by atoms with Gasteiger partial charge in [-0.15, -0.1) is 0 Å². The van der Waals surface area contributed by atoms with Crippen molar-refractivity contribution in [2.24, 2.45) is 0 Å². The molecular weight excluding hydrogens is 573 g/mol. The maximum absolute atomic E-state index is 10.5. The van der Waals surface area contributed by atoms with E-state index in [-0.39, 0.29) is 0 Å². The van der Waals surface area contributed by atoms with Crippen LogP contribution in [-0.2, 0) is 0 Å². The molecular formula is C43H26N4. The third kappa shape index (κ3) is 3.51. The van der Waals surface area contributed by atoms with Crippen LogP contribution in [0.3, 0.4) is 0 Å². The molecule has 0 fully saturated rings. The van der Waals surface area contributed by atoms with Gasteiger partial charge in [0.15, 0.2) is 0 Å². The van der Waals surface area contributed by atoms with Crippen molar-refractivity contribution in [3.05, 3.63) is 163 Å². The molecule has 3 heterocycles. The quantitative estimate of drug-likeness (QED) is 0.199. The molecule has 0 atom stereocenters. The molecule has 4 heteroatoms. The second kappa shape index (κ2) is 9.71. The topological polar surface area (TPSA) is 38.6 Å². The van der Waals surface area contributed by atoms with Gasteiger partial charge >= 0.3 is 0 Å². The van der Waals surface area contributed by atoms with Gasteiger partial charge < -0.3 is 13.7 Å². The smallest absolute Gasteiger partial charge is 0.0999 e. The number of nitriles is 1. The number of hydrogen-bond acceptors (Lipinski definition) is 1. The largest absolute Gasteiger partial charge is 0.309 e. The Kier molecular flexibility index (Phi) is 5.32. The summed E-state index contributed by atoms with van der Waals surface area (Å²) in [5.74, 6) is 0. The van der Waals surface area contributed by atoms with Gasteiger partial charge in [-0.3, -0.25) is 0 Å². The zero-order valence-corrected chi connectivity index (χ0v) is 25.3. The lowest BCUT2D eigenvalue weighted by Crippen LogP contribution is -1.97. The Balaban J connectivity index is 1.38. The number of rotatable bonds is 3. The minimum absolute atomic E-state index is 0.670. The molecule has 3 aromatic heterocycles. The first-order valence-corrected chi connectivity index (χ1v) is 15.9. The fourth-order valence-corrected chi connectivity index (χ4v) is 7.77. The van der Waals surface area contributed by atoms with E-state index in [4.69, 9.17) is 0 Å². The number of aromatic nitrogens is 3. The lowest BCUT2D eigenvalue weighted by molar-refractivity contribution is 1.15. The SMILES string of the molecule is N#Cc1cccc2c1c1c(ccc3c4ccccc4n(-c4ccccc4)c31)n2-c1ccc2c3ccccc3n(-c3ccccc3)c2c1. The Morgan fingerprint density at radius 2 is 0.894 bits per heavy atom. The summed E-state index contributed by atoms with van der Waals surface area (Å²) in [6.07, 6.45) is 0. The molecule has 0 aliphatic heterocycles. The molecule has 218 valence electrons. The lowest BCUT2D eigenvalue weighted by atomic mass is 10.0. The number of fused-ring (bicyclic) bond motifs is 10. The van der Waals surface area contributed by atoms with Gasteiger partial charge in [0, 0.05) is 49.4 Å². The first kappa shape index (κ1) is 25.7. The van der Waals surface area contributed by atoms with Gasteiger partial charge in [-0.25, -0.2) is 0 Å². The maximum Gasteiger partial charge on any atom is 0.0999 e. The van der Waals surface area contributed by atoms with E-state index < -0.39 is 0 Å². The number of para-hydroxylation sites is 4. The van der Waals surface area contributed by atoms with Gasteiger partial charge in [0.2, 0.25) is 0 Å².